The number of nitrogens with zero attached hydrogens (tertiary/aromatic N) is 6. The van der Waals surface area contributed by atoms with Gasteiger partial charge in [-0.15, -0.1) is 5.10 Å². The third-order valence-electron chi connectivity index (χ3n) is 6.65. The van der Waals surface area contributed by atoms with Gasteiger partial charge in [-0.2, -0.15) is 0 Å². The van der Waals surface area contributed by atoms with E-state index in [1.54, 1.807) is 23.9 Å². The van der Waals surface area contributed by atoms with Crippen LogP contribution in [0.25, 0.3) is 10.9 Å². The van der Waals surface area contributed by atoms with Gasteiger partial charge in [-0.25, -0.2) is 9.07 Å². The molecule has 1 unspecified atom stereocenters. The Bertz CT molecular complexity index is 1360. The maximum absolute atomic E-state index is 13.4. The van der Waals surface area contributed by atoms with Crippen LogP contribution in [-0.2, 0) is 6.54 Å². The number of aromatic amines is 1. The summed E-state index contributed by atoms with van der Waals surface area (Å²) >= 11 is 0. The predicted octanol–water partition coefficient (Wildman–Crippen LogP) is 2.44. The van der Waals surface area contributed by atoms with E-state index in [0.29, 0.717) is 29.2 Å². The first-order chi connectivity index (χ1) is 17.1. The number of tetrazole rings is 1. The molecule has 5 rings (SSSR count). The van der Waals surface area contributed by atoms with Gasteiger partial charge in [0.15, 0.2) is 5.82 Å². The van der Waals surface area contributed by atoms with Gasteiger partial charge >= 0.3 is 0 Å². The summed E-state index contributed by atoms with van der Waals surface area (Å²) in [6.45, 7) is 6.86. The quantitative estimate of drug-likeness (QED) is 0.437. The molecule has 1 aliphatic heterocycles. The van der Waals surface area contributed by atoms with Crippen LogP contribution in [0.2, 0.25) is 0 Å². The number of ether oxygens (including phenoxy) is 1. The largest absolute Gasteiger partial charge is 0.497 e. The highest BCUT2D eigenvalue weighted by atomic mass is 19.1. The summed E-state index contributed by atoms with van der Waals surface area (Å²) in [7, 11) is 1.60. The minimum atomic E-state index is -0.431. The Balaban J connectivity index is 1.58. The highest BCUT2D eigenvalue weighted by Gasteiger charge is 2.32. The Labute approximate surface area is 202 Å². The van der Waals surface area contributed by atoms with Crippen molar-refractivity contribution in [3.63, 3.8) is 0 Å². The maximum Gasteiger partial charge on any atom is 0.253 e. The molecule has 0 bridgehead atoms. The summed E-state index contributed by atoms with van der Waals surface area (Å²) in [4.78, 5) is 21.0. The number of hydrogen-bond acceptors (Lipinski definition) is 7. The van der Waals surface area contributed by atoms with Crippen LogP contribution >= 0.6 is 0 Å². The van der Waals surface area contributed by atoms with Crippen molar-refractivity contribution in [2.45, 2.75) is 19.5 Å². The van der Waals surface area contributed by atoms with E-state index in [9.17, 15) is 9.18 Å². The molecule has 0 aliphatic carbocycles. The third-order valence-corrected chi connectivity index (χ3v) is 6.65. The van der Waals surface area contributed by atoms with E-state index in [-0.39, 0.29) is 11.4 Å². The van der Waals surface area contributed by atoms with Crippen LogP contribution in [-0.4, -0.2) is 74.8 Å². The van der Waals surface area contributed by atoms with E-state index in [1.165, 1.54) is 12.1 Å². The normalized spacial score (nSPS) is 16.0. The molecule has 9 nitrogen and oxygen atoms in total. The molecule has 4 aromatic rings. The van der Waals surface area contributed by atoms with E-state index < -0.39 is 6.04 Å². The fourth-order valence-corrected chi connectivity index (χ4v) is 4.65. The van der Waals surface area contributed by atoms with Crippen molar-refractivity contribution >= 4 is 10.9 Å². The summed E-state index contributed by atoms with van der Waals surface area (Å²) in [6.07, 6.45) is 0. The van der Waals surface area contributed by atoms with Gasteiger partial charge in [-0.3, -0.25) is 9.69 Å². The minimum absolute atomic E-state index is 0.190. The fourth-order valence-electron chi connectivity index (χ4n) is 4.65. The van der Waals surface area contributed by atoms with Crippen molar-refractivity contribution < 1.29 is 9.13 Å². The SMILES string of the molecule is CCN1CCN(C(c2cc3ccc(OC)cc3[nH]c2=O)c2nnnn2Cc2ccc(F)cc2)CC1. The van der Waals surface area contributed by atoms with Crippen molar-refractivity contribution in [1.82, 2.24) is 35.0 Å². The number of benzene rings is 2. The third kappa shape index (κ3) is 4.80. The van der Waals surface area contributed by atoms with Crippen molar-refractivity contribution in [2.75, 3.05) is 39.8 Å². The molecule has 1 fully saturated rings. The molecule has 35 heavy (non-hydrogen) atoms. The lowest BCUT2D eigenvalue weighted by Crippen LogP contribution is -2.49. The lowest BCUT2D eigenvalue weighted by Gasteiger charge is -2.38. The predicted molar refractivity (Wildman–Crippen MR) is 130 cm³/mol. The molecule has 182 valence electrons. The van der Waals surface area contributed by atoms with Gasteiger partial charge in [0.1, 0.15) is 17.6 Å². The Morgan fingerprint density at radius 1 is 1.09 bits per heavy atom. The Kier molecular flexibility index (Phi) is 6.56. The summed E-state index contributed by atoms with van der Waals surface area (Å²) in [5.74, 6) is 0.964. The Morgan fingerprint density at radius 3 is 2.57 bits per heavy atom. The van der Waals surface area contributed by atoms with Crippen molar-refractivity contribution in [1.29, 1.82) is 0 Å². The molecule has 1 N–H and O–H groups in total. The second kappa shape index (κ2) is 9.93. The first kappa shape index (κ1) is 23.1. The zero-order valence-corrected chi connectivity index (χ0v) is 19.8. The summed E-state index contributed by atoms with van der Waals surface area (Å²) in [5, 5.41) is 13.4. The van der Waals surface area contributed by atoms with E-state index in [0.717, 1.165) is 43.7 Å². The molecule has 1 saturated heterocycles. The molecule has 1 aliphatic rings. The molecule has 1 atom stereocenters. The number of piperazine rings is 1. The number of fused-ring (bicyclic) bond motifs is 1. The van der Waals surface area contributed by atoms with Gasteiger partial charge in [-0.1, -0.05) is 19.1 Å². The summed E-state index contributed by atoms with van der Waals surface area (Å²) < 4.78 is 20.4. The highest BCUT2D eigenvalue weighted by Crippen LogP contribution is 2.29. The zero-order valence-electron chi connectivity index (χ0n) is 19.8. The van der Waals surface area contributed by atoms with Crippen LogP contribution in [0.4, 0.5) is 4.39 Å². The smallest absolute Gasteiger partial charge is 0.253 e. The van der Waals surface area contributed by atoms with E-state index in [1.807, 2.05) is 24.3 Å². The number of H-pyrrole nitrogens is 1. The van der Waals surface area contributed by atoms with Gasteiger partial charge in [0.2, 0.25) is 0 Å². The van der Waals surface area contributed by atoms with Crippen LogP contribution < -0.4 is 10.3 Å². The van der Waals surface area contributed by atoms with Gasteiger partial charge in [0, 0.05) is 37.8 Å². The standard InChI is InChI=1S/C25H28FN7O2/c1-3-31-10-12-32(13-11-31)23(21-14-18-6-9-20(35-2)15-22(18)27-25(21)34)24-28-29-30-33(24)16-17-4-7-19(26)8-5-17/h4-9,14-15,23H,3,10-13,16H2,1-2H3,(H,27,34). The number of halogens is 1. The van der Waals surface area contributed by atoms with Gasteiger partial charge in [0.05, 0.1) is 19.2 Å². The zero-order chi connectivity index (χ0) is 24.4. The molecule has 0 spiro atoms. The lowest BCUT2D eigenvalue weighted by molar-refractivity contribution is 0.108. The van der Waals surface area contributed by atoms with Crippen LogP contribution in [0.5, 0.6) is 5.75 Å². The van der Waals surface area contributed by atoms with Crippen LogP contribution in [0.3, 0.4) is 0 Å². The second-order valence-electron chi connectivity index (χ2n) is 8.70. The number of pyridine rings is 1. The number of likely N-dealkylation sites (N-methyl/N-ethyl adjacent to an activating group) is 1. The summed E-state index contributed by atoms with van der Waals surface area (Å²) in [6, 6.07) is 13.4. The second-order valence-corrected chi connectivity index (χ2v) is 8.70. The van der Waals surface area contributed by atoms with Crippen LogP contribution in [0.1, 0.15) is 29.9 Å². The van der Waals surface area contributed by atoms with Crippen LogP contribution in [0, 0.1) is 5.82 Å². The average molecular weight is 478 g/mol. The van der Waals surface area contributed by atoms with E-state index >= 15 is 0 Å². The van der Waals surface area contributed by atoms with Crippen molar-refractivity contribution in [3.05, 3.63) is 81.7 Å². The van der Waals surface area contributed by atoms with Crippen molar-refractivity contribution in [3.8, 4) is 5.75 Å². The molecular weight excluding hydrogens is 449 g/mol. The van der Waals surface area contributed by atoms with Crippen molar-refractivity contribution in [2.24, 2.45) is 0 Å². The number of hydrogen-bond donors (Lipinski definition) is 1. The lowest BCUT2D eigenvalue weighted by atomic mass is 10.0. The average Bonchev–Trinajstić information content (AvgIpc) is 3.33. The molecular formula is C25H28FN7O2. The van der Waals surface area contributed by atoms with Gasteiger partial charge < -0.3 is 14.6 Å². The number of methoxy groups -OCH3 is 1. The Hall–Kier alpha value is -3.63. The molecule has 0 saturated carbocycles. The van der Waals surface area contributed by atoms with E-state index in [2.05, 4.69) is 37.2 Å². The first-order valence-electron chi connectivity index (χ1n) is 11.7. The number of rotatable bonds is 7. The summed E-state index contributed by atoms with van der Waals surface area (Å²) in [5.41, 5.74) is 1.97. The molecule has 10 heteroatoms. The minimum Gasteiger partial charge on any atom is -0.497 e. The fraction of sp³-hybridized carbons (Fsp3) is 0.360. The molecule has 2 aromatic carbocycles. The van der Waals surface area contributed by atoms with Crippen LogP contribution in [0.15, 0.2) is 53.3 Å². The van der Waals surface area contributed by atoms with E-state index in [4.69, 9.17) is 4.74 Å². The molecule has 3 heterocycles. The molecule has 0 radical (unpaired) electrons. The highest BCUT2D eigenvalue weighted by molar-refractivity contribution is 5.80. The maximum atomic E-state index is 13.4. The monoisotopic (exact) mass is 477 g/mol. The van der Waals surface area contributed by atoms with Gasteiger partial charge in [-0.05, 0) is 58.3 Å². The number of nitrogens with one attached hydrogen (secondary N) is 1. The topological polar surface area (TPSA) is 92.2 Å². The van der Waals surface area contributed by atoms with Gasteiger partial charge in [0.25, 0.3) is 5.56 Å². The number of aromatic nitrogens is 5. The molecule has 0 amide bonds. The molecule has 2 aromatic heterocycles. The first-order valence-corrected chi connectivity index (χ1v) is 11.7. The Morgan fingerprint density at radius 2 is 1.86 bits per heavy atom.